The minimum absolute atomic E-state index is 0.661. The molecule has 0 bridgehead atoms. The number of anilines is 1. The molecule has 26 heavy (non-hydrogen) atoms. The maximum Gasteiger partial charge on any atom is 0.161 e. The van der Waals surface area contributed by atoms with E-state index in [4.69, 9.17) is 9.47 Å². The van der Waals surface area contributed by atoms with Gasteiger partial charge in [-0.05, 0) is 49.6 Å². The summed E-state index contributed by atoms with van der Waals surface area (Å²) in [6.45, 7) is 6.89. The molecule has 0 aliphatic heterocycles. The number of aromatic nitrogens is 2. The Morgan fingerprint density at radius 1 is 1.23 bits per heavy atom. The van der Waals surface area contributed by atoms with E-state index in [-0.39, 0.29) is 0 Å². The van der Waals surface area contributed by atoms with Crippen molar-refractivity contribution in [1.82, 2.24) is 9.97 Å². The Morgan fingerprint density at radius 3 is 2.85 bits per heavy atom. The third-order valence-electron chi connectivity index (χ3n) is 4.00. The largest absolute Gasteiger partial charge is 0.493 e. The molecule has 3 aromatic rings. The van der Waals surface area contributed by atoms with Gasteiger partial charge in [-0.2, -0.15) is 5.10 Å². The molecule has 0 unspecified atom stereocenters. The lowest BCUT2D eigenvalue weighted by Gasteiger charge is -2.10. The van der Waals surface area contributed by atoms with Crippen LogP contribution in [0.5, 0.6) is 11.5 Å². The summed E-state index contributed by atoms with van der Waals surface area (Å²) < 4.78 is 11.1. The van der Waals surface area contributed by atoms with E-state index >= 15 is 0 Å². The van der Waals surface area contributed by atoms with Crippen molar-refractivity contribution in [2.45, 2.75) is 27.2 Å². The number of hydrazone groups is 1. The number of nitrogens with one attached hydrogen (secondary N) is 1. The van der Waals surface area contributed by atoms with Crippen molar-refractivity contribution in [2.75, 3.05) is 19.1 Å². The predicted molar refractivity (Wildman–Crippen MR) is 107 cm³/mol. The molecule has 0 aliphatic carbocycles. The fourth-order valence-corrected chi connectivity index (χ4v) is 3.53. The summed E-state index contributed by atoms with van der Waals surface area (Å²) in [5.41, 5.74) is 5.12. The van der Waals surface area contributed by atoms with E-state index in [0.29, 0.717) is 18.2 Å². The third-order valence-corrected chi connectivity index (χ3v) is 5.11. The van der Waals surface area contributed by atoms with Gasteiger partial charge in [-0.1, -0.05) is 6.92 Å². The van der Waals surface area contributed by atoms with E-state index in [9.17, 15) is 0 Å². The Morgan fingerprint density at radius 2 is 2.08 bits per heavy atom. The minimum atomic E-state index is 0.661. The second-order valence-corrected chi connectivity index (χ2v) is 7.02. The third kappa shape index (κ3) is 3.77. The molecule has 136 valence electrons. The van der Waals surface area contributed by atoms with E-state index in [0.717, 1.165) is 28.0 Å². The van der Waals surface area contributed by atoms with Crippen molar-refractivity contribution >= 4 is 33.6 Å². The Bertz CT molecular complexity index is 937. The van der Waals surface area contributed by atoms with Gasteiger partial charge in [0.15, 0.2) is 17.3 Å². The monoisotopic (exact) mass is 370 g/mol. The predicted octanol–water partition coefficient (Wildman–Crippen LogP) is 4.55. The minimum Gasteiger partial charge on any atom is -0.493 e. The van der Waals surface area contributed by atoms with Crippen molar-refractivity contribution in [3.63, 3.8) is 0 Å². The van der Waals surface area contributed by atoms with E-state index in [1.165, 1.54) is 10.4 Å². The number of ether oxygens (including phenoxy) is 2. The van der Waals surface area contributed by atoms with Gasteiger partial charge in [-0.25, -0.2) is 9.97 Å². The van der Waals surface area contributed by atoms with Crippen molar-refractivity contribution in [3.05, 3.63) is 40.5 Å². The molecule has 0 atom stereocenters. The molecular formula is C19H22N4O2S. The van der Waals surface area contributed by atoms with Crippen LogP contribution in [0.4, 0.5) is 5.82 Å². The summed E-state index contributed by atoms with van der Waals surface area (Å²) in [4.78, 5) is 10.9. The molecule has 0 saturated heterocycles. The molecule has 3 rings (SSSR count). The van der Waals surface area contributed by atoms with Crippen LogP contribution in [-0.4, -0.2) is 29.9 Å². The van der Waals surface area contributed by atoms with Crippen molar-refractivity contribution in [2.24, 2.45) is 5.10 Å². The van der Waals surface area contributed by atoms with Crippen LogP contribution in [0.2, 0.25) is 0 Å². The van der Waals surface area contributed by atoms with E-state index in [1.54, 1.807) is 31.0 Å². The van der Waals surface area contributed by atoms with E-state index in [1.807, 2.05) is 18.2 Å². The van der Waals surface area contributed by atoms with Crippen LogP contribution in [0.25, 0.3) is 10.2 Å². The molecule has 0 spiro atoms. The summed E-state index contributed by atoms with van der Waals surface area (Å²) in [5.74, 6) is 2.14. The van der Waals surface area contributed by atoms with Crippen LogP contribution in [0.1, 0.15) is 29.3 Å². The smallest absolute Gasteiger partial charge is 0.161 e. The number of hydrogen-bond donors (Lipinski definition) is 1. The molecule has 0 aliphatic rings. The Hall–Kier alpha value is -2.67. The average Bonchev–Trinajstić information content (AvgIpc) is 2.95. The standard InChI is InChI=1S/C19H22N4O2S/c1-5-8-25-15-7-6-14(9-16(15)24-4)10-22-23-18-17-12(2)13(3)26-19(17)21-11-20-18/h6-7,9-11H,5,8H2,1-4H3,(H,20,21,23)/b22-10-. The highest BCUT2D eigenvalue weighted by Crippen LogP contribution is 2.32. The fourth-order valence-electron chi connectivity index (χ4n) is 2.53. The number of fused-ring (bicyclic) bond motifs is 1. The van der Waals surface area contributed by atoms with Gasteiger partial charge in [0.2, 0.25) is 0 Å². The molecule has 2 heterocycles. The first-order valence-electron chi connectivity index (χ1n) is 8.44. The second kappa shape index (κ2) is 8.14. The van der Waals surface area contributed by atoms with Gasteiger partial charge < -0.3 is 9.47 Å². The van der Waals surface area contributed by atoms with Crippen LogP contribution in [0.15, 0.2) is 29.6 Å². The molecule has 0 amide bonds. The summed E-state index contributed by atoms with van der Waals surface area (Å²) in [7, 11) is 1.63. The first-order chi connectivity index (χ1) is 12.6. The van der Waals surface area contributed by atoms with Crippen molar-refractivity contribution < 1.29 is 9.47 Å². The topological polar surface area (TPSA) is 68.6 Å². The SMILES string of the molecule is CCCOc1ccc(/C=N\Nc2ncnc3sc(C)c(C)c23)cc1OC. The van der Waals surface area contributed by atoms with Gasteiger partial charge >= 0.3 is 0 Å². The van der Waals surface area contributed by atoms with Gasteiger partial charge in [0.1, 0.15) is 11.2 Å². The number of aryl methyl sites for hydroxylation is 2. The quantitative estimate of drug-likeness (QED) is 0.488. The Kier molecular flexibility index (Phi) is 5.68. The molecule has 6 nitrogen and oxygen atoms in total. The molecule has 2 aromatic heterocycles. The summed E-state index contributed by atoms with van der Waals surface area (Å²) >= 11 is 1.66. The lowest BCUT2D eigenvalue weighted by Crippen LogP contribution is -1.99. The normalized spacial score (nSPS) is 11.2. The average molecular weight is 370 g/mol. The summed E-state index contributed by atoms with van der Waals surface area (Å²) in [6.07, 6.45) is 4.23. The first kappa shape index (κ1) is 18.1. The van der Waals surface area contributed by atoms with Crippen LogP contribution >= 0.6 is 11.3 Å². The number of rotatable bonds is 7. The maximum absolute atomic E-state index is 5.67. The maximum atomic E-state index is 5.67. The highest BCUT2D eigenvalue weighted by Gasteiger charge is 2.11. The lowest BCUT2D eigenvalue weighted by atomic mass is 10.2. The Labute approximate surface area is 156 Å². The zero-order valence-corrected chi connectivity index (χ0v) is 16.2. The molecular weight excluding hydrogens is 348 g/mol. The molecule has 7 heteroatoms. The van der Waals surface area contributed by atoms with Gasteiger partial charge in [-0.3, -0.25) is 5.43 Å². The molecule has 0 radical (unpaired) electrons. The molecule has 1 N–H and O–H groups in total. The summed E-state index contributed by atoms with van der Waals surface area (Å²) in [6, 6.07) is 5.73. The number of benzene rings is 1. The van der Waals surface area contributed by atoms with E-state index < -0.39 is 0 Å². The second-order valence-electron chi connectivity index (χ2n) is 5.81. The van der Waals surface area contributed by atoms with Crippen LogP contribution < -0.4 is 14.9 Å². The van der Waals surface area contributed by atoms with Gasteiger partial charge in [0.25, 0.3) is 0 Å². The molecule has 0 saturated carbocycles. The summed E-state index contributed by atoms with van der Waals surface area (Å²) in [5, 5.41) is 5.34. The number of hydrogen-bond acceptors (Lipinski definition) is 7. The van der Waals surface area contributed by atoms with Crippen LogP contribution in [0.3, 0.4) is 0 Å². The van der Waals surface area contributed by atoms with Gasteiger partial charge in [-0.15, -0.1) is 11.3 Å². The van der Waals surface area contributed by atoms with Crippen LogP contribution in [-0.2, 0) is 0 Å². The van der Waals surface area contributed by atoms with Crippen molar-refractivity contribution in [3.8, 4) is 11.5 Å². The number of thiophene rings is 1. The van der Waals surface area contributed by atoms with Gasteiger partial charge in [0, 0.05) is 4.88 Å². The zero-order valence-electron chi connectivity index (χ0n) is 15.4. The highest BCUT2D eigenvalue weighted by atomic mass is 32.1. The van der Waals surface area contributed by atoms with E-state index in [2.05, 4.69) is 41.3 Å². The fraction of sp³-hybridized carbons (Fsp3) is 0.316. The molecule has 0 fully saturated rings. The highest BCUT2D eigenvalue weighted by molar-refractivity contribution is 7.18. The first-order valence-corrected chi connectivity index (χ1v) is 9.26. The van der Waals surface area contributed by atoms with Crippen molar-refractivity contribution in [1.29, 1.82) is 0 Å². The molecule has 1 aromatic carbocycles. The lowest BCUT2D eigenvalue weighted by molar-refractivity contribution is 0.294. The van der Waals surface area contributed by atoms with Crippen LogP contribution in [0, 0.1) is 13.8 Å². The van der Waals surface area contributed by atoms with Gasteiger partial charge in [0.05, 0.1) is 25.3 Å². The Balaban J connectivity index is 1.79. The number of methoxy groups -OCH3 is 1. The number of nitrogens with zero attached hydrogens (tertiary/aromatic N) is 3. The zero-order chi connectivity index (χ0) is 18.5.